The summed E-state index contributed by atoms with van der Waals surface area (Å²) in [6.07, 6.45) is -0.957. The van der Waals surface area contributed by atoms with Crippen LogP contribution >= 0.6 is 0 Å². The Morgan fingerprint density at radius 2 is 1.59 bits per heavy atom. The third kappa shape index (κ3) is 5.48. The molecule has 1 N–H and O–H groups in total. The molecule has 29 heavy (non-hydrogen) atoms. The van der Waals surface area contributed by atoms with Gasteiger partial charge in [-0.15, -0.1) is 0 Å². The molecular formula is C23H17F3O3. The molecule has 0 unspecified atom stereocenters. The predicted octanol–water partition coefficient (Wildman–Crippen LogP) is 6.16. The van der Waals surface area contributed by atoms with Crippen molar-refractivity contribution in [2.45, 2.75) is 6.18 Å². The van der Waals surface area contributed by atoms with E-state index >= 15 is 0 Å². The molecule has 0 spiro atoms. The molecule has 3 aromatic rings. The van der Waals surface area contributed by atoms with Crippen molar-refractivity contribution in [2.24, 2.45) is 0 Å². The molecule has 0 radical (unpaired) electrons. The van der Waals surface area contributed by atoms with Crippen LogP contribution < -0.4 is 4.74 Å². The number of hydrogen-bond donors (Lipinski definition) is 1. The zero-order chi connectivity index (χ0) is 20.9. The van der Waals surface area contributed by atoms with Crippen LogP contribution in [0.25, 0.3) is 17.2 Å². The van der Waals surface area contributed by atoms with Crippen LogP contribution in [0.5, 0.6) is 5.75 Å². The highest BCUT2D eigenvalue weighted by Crippen LogP contribution is 2.29. The summed E-state index contributed by atoms with van der Waals surface area (Å²) in [6, 6.07) is 18.7. The van der Waals surface area contributed by atoms with Gasteiger partial charge in [-0.3, -0.25) is 0 Å². The molecule has 3 aromatic carbocycles. The first-order chi connectivity index (χ1) is 13.8. The molecule has 0 amide bonds. The molecule has 0 fully saturated rings. The molecule has 0 atom stereocenters. The summed E-state index contributed by atoms with van der Waals surface area (Å²) < 4.78 is 43.4. The summed E-state index contributed by atoms with van der Waals surface area (Å²) in [5.41, 5.74) is 1.73. The standard InChI is InChI=1S/C23H17F3O3/c24-23(25,26)20-11-9-16(10-12-20)4-3-13-29-21-8-2-6-18(15-21)17-5-1-7-19(14-17)22(27)28/h1-12,14-15H,13H2,(H,27,28)/b4-3+. The summed E-state index contributed by atoms with van der Waals surface area (Å²) in [4.78, 5) is 11.1. The fourth-order valence-electron chi connectivity index (χ4n) is 2.71. The Balaban J connectivity index is 1.63. The van der Waals surface area contributed by atoms with Crippen LogP contribution in [0.1, 0.15) is 21.5 Å². The third-order valence-corrected chi connectivity index (χ3v) is 4.17. The first kappa shape index (κ1) is 20.2. The first-order valence-electron chi connectivity index (χ1n) is 8.73. The summed E-state index contributed by atoms with van der Waals surface area (Å²) in [5.74, 6) is -0.395. The summed E-state index contributed by atoms with van der Waals surface area (Å²) >= 11 is 0. The van der Waals surface area contributed by atoms with Crippen molar-refractivity contribution in [1.82, 2.24) is 0 Å². The van der Waals surface area contributed by atoms with Crippen LogP contribution in [0.4, 0.5) is 13.2 Å². The maximum atomic E-state index is 12.6. The molecule has 0 aliphatic rings. The SMILES string of the molecule is O=C(O)c1cccc(-c2cccc(OC/C=C/c3ccc(C(F)(F)F)cc3)c2)c1. The van der Waals surface area contributed by atoms with Gasteiger partial charge in [0.05, 0.1) is 11.1 Å². The second kappa shape index (κ2) is 8.65. The number of benzene rings is 3. The summed E-state index contributed by atoms with van der Waals surface area (Å²) in [7, 11) is 0. The first-order valence-corrected chi connectivity index (χ1v) is 8.73. The van der Waals surface area contributed by atoms with Crippen molar-refractivity contribution in [3.63, 3.8) is 0 Å². The lowest BCUT2D eigenvalue weighted by Gasteiger charge is -2.08. The summed E-state index contributed by atoms with van der Waals surface area (Å²) in [5, 5.41) is 9.11. The van der Waals surface area contributed by atoms with Gasteiger partial charge in [0.2, 0.25) is 0 Å². The van der Waals surface area contributed by atoms with Crippen molar-refractivity contribution in [3.8, 4) is 16.9 Å². The van der Waals surface area contributed by atoms with Crippen LogP contribution in [-0.4, -0.2) is 17.7 Å². The molecule has 3 rings (SSSR count). The number of ether oxygens (including phenoxy) is 1. The second-order valence-electron chi connectivity index (χ2n) is 6.25. The van der Waals surface area contributed by atoms with Gasteiger partial charge in [0.15, 0.2) is 0 Å². The highest BCUT2D eigenvalue weighted by Gasteiger charge is 2.29. The van der Waals surface area contributed by atoms with Crippen LogP contribution in [0.15, 0.2) is 78.9 Å². The van der Waals surface area contributed by atoms with Gasteiger partial charge in [0.1, 0.15) is 12.4 Å². The average Bonchev–Trinajstić information content (AvgIpc) is 2.71. The molecule has 0 aromatic heterocycles. The maximum Gasteiger partial charge on any atom is 0.416 e. The normalized spacial score (nSPS) is 11.6. The fourth-order valence-corrected chi connectivity index (χ4v) is 2.71. The monoisotopic (exact) mass is 398 g/mol. The van der Waals surface area contributed by atoms with Gasteiger partial charge in [0.25, 0.3) is 0 Å². The topological polar surface area (TPSA) is 46.5 Å². The fraction of sp³-hybridized carbons (Fsp3) is 0.0870. The minimum absolute atomic E-state index is 0.202. The molecule has 0 aliphatic heterocycles. The number of hydrogen-bond acceptors (Lipinski definition) is 2. The van der Waals surface area contributed by atoms with Gasteiger partial charge in [-0.25, -0.2) is 4.79 Å². The number of alkyl halides is 3. The van der Waals surface area contributed by atoms with Crippen molar-refractivity contribution in [1.29, 1.82) is 0 Å². The number of halogens is 3. The zero-order valence-electron chi connectivity index (χ0n) is 15.2. The van der Waals surface area contributed by atoms with Gasteiger partial charge in [-0.2, -0.15) is 13.2 Å². The molecular weight excluding hydrogens is 381 g/mol. The number of rotatable bonds is 6. The van der Waals surface area contributed by atoms with E-state index < -0.39 is 17.7 Å². The zero-order valence-corrected chi connectivity index (χ0v) is 15.2. The Morgan fingerprint density at radius 1 is 0.931 bits per heavy atom. The van der Waals surface area contributed by atoms with Crippen molar-refractivity contribution < 1.29 is 27.8 Å². The molecule has 0 bridgehead atoms. The van der Waals surface area contributed by atoms with E-state index in [9.17, 15) is 18.0 Å². The lowest BCUT2D eigenvalue weighted by Crippen LogP contribution is -2.03. The van der Waals surface area contributed by atoms with Crippen molar-refractivity contribution >= 4 is 12.0 Å². The van der Waals surface area contributed by atoms with Gasteiger partial charge in [-0.05, 0) is 59.2 Å². The van der Waals surface area contributed by atoms with E-state index in [1.54, 1.807) is 42.5 Å². The predicted molar refractivity (Wildman–Crippen MR) is 105 cm³/mol. The second-order valence-corrected chi connectivity index (χ2v) is 6.25. The Labute approximate surface area is 165 Å². The van der Waals surface area contributed by atoms with Crippen LogP contribution in [0.3, 0.4) is 0 Å². The molecule has 6 heteroatoms. The van der Waals surface area contributed by atoms with E-state index in [2.05, 4.69) is 0 Å². The Bertz CT molecular complexity index is 1020. The molecule has 0 aliphatic carbocycles. The average molecular weight is 398 g/mol. The van der Waals surface area contributed by atoms with Crippen LogP contribution in [-0.2, 0) is 6.18 Å². The van der Waals surface area contributed by atoms with E-state index in [0.29, 0.717) is 11.3 Å². The third-order valence-electron chi connectivity index (χ3n) is 4.17. The molecule has 0 saturated carbocycles. The van der Waals surface area contributed by atoms with Gasteiger partial charge < -0.3 is 9.84 Å². The van der Waals surface area contributed by atoms with Crippen molar-refractivity contribution in [2.75, 3.05) is 6.61 Å². The van der Waals surface area contributed by atoms with Gasteiger partial charge in [0, 0.05) is 0 Å². The Kier molecular flexibility index (Phi) is 6.02. The molecule has 0 heterocycles. The van der Waals surface area contributed by atoms with Gasteiger partial charge >= 0.3 is 12.1 Å². The van der Waals surface area contributed by atoms with E-state index in [4.69, 9.17) is 9.84 Å². The van der Waals surface area contributed by atoms with Crippen LogP contribution in [0.2, 0.25) is 0 Å². The molecule has 148 valence electrons. The summed E-state index contributed by atoms with van der Waals surface area (Å²) in [6.45, 7) is 0.236. The van der Waals surface area contributed by atoms with E-state index in [1.165, 1.54) is 18.2 Å². The minimum Gasteiger partial charge on any atom is -0.490 e. The highest BCUT2D eigenvalue weighted by atomic mass is 19.4. The molecule has 0 saturated heterocycles. The van der Waals surface area contributed by atoms with Gasteiger partial charge in [-0.1, -0.05) is 42.5 Å². The van der Waals surface area contributed by atoms with E-state index in [1.807, 2.05) is 12.1 Å². The van der Waals surface area contributed by atoms with E-state index in [-0.39, 0.29) is 12.2 Å². The smallest absolute Gasteiger partial charge is 0.416 e. The highest BCUT2D eigenvalue weighted by molar-refractivity contribution is 5.89. The van der Waals surface area contributed by atoms with Crippen LogP contribution in [0, 0.1) is 0 Å². The lowest BCUT2D eigenvalue weighted by molar-refractivity contribution is -0.137. The number of carbonyl (C=O) groups is 1. The molecule has 3 nitrogen and oxygen atoms in total. The number of aromatic carboxylic acids is 1. The number of carboxylic acids is 1. The Morgan fingerprint density at radius 3 is 2.24 bits per heavy atom. The minimum atomic E-state index is -4.35. The van der Waals surface area contributed by atoms with Crippen molar-refractivity contribution in [3.05, 3.63) is 95.6 Å². The maximum absolute atomic E-state index is 12.6. The largest absolute Gasteiger partial charge is 0.490 e. The number of carboxylic acid groups (broad SMARTS) is 1. The quantitative estimate of drug-likeness (QED) is 0.541. The lowest BCUT2D eigenvalue weighted by atomic mass is 10.0. The van der Waals surface area contributed by atoms with E-state index in [0.717, 1.165) is 23.3 Å². The Hall–Kier alpha value is -3.54.